The van der Waals surface area contributed by atoms with Crippen LogP contribution in [0.25, 0.3) is 16.8 Å². The van der Waals surface area contributed by atoms with Gasteiger partial charge in [-0.25, -0.2) is 32.5 Å². The van der Waals surface area contributed by atoms with Crippen molar-refractivity contribution in [1.29, 1.82) is 0 Å². The molecule has 5 rings (SSSR count). The van der Waals surface area contributed by atoms with Gasteiger partial charge in [-0.15, -0.1) is 0 Å². The fraction of sp³-hybridized carbons (Fsp3) is 0.444. The summed E-state index contributed by atoms with van der Waals surface area (Å²) in [7, 11) is 0. The molecule has 11 nitrogen and oxygen atoms in total. The molecule has 1 unspecified atom stereocenters. The van der Waals surface area contributed by atoms with Gasteiger partial charge >= 0.3 is 12.5 Å². The van der Waals surface area contributed by atoms with E-state index in [-0.39, 0.29) is 35.1 Å². The highest BCUT2D eigenvalue weighted by molar-refractivity contribution is 6.32. The van der Waals surface area contributed by atoms with Gasteiger partial charge in [-0.2, -0.15) is 19.0 Å². The largest absolute Gasteiger partial charge is 0.463 e. The smallest absolute Gasteiger partial charge is 0.333 e. The summed E-state index contributed by atoms with van der Waals surface area (Å²) in [5.74, 6) is -2.22. The van der Waals surface area contributed by atoms with Crippen LogP contribution >= 0.6 is 11.6 Å². The summed E-state index contributed by atoms with van der Waals surface area (Å²) < 4.78 is 75.4. The van der Waals surface area contributed by atoms with E-state index in [4.69, 9.17) is 27.1 Å². The molecule has 2 N–H and O–H groups in total. The molecule has 0 spiro atoms. The van der Waals surface area contributed by atoms with E-state index in [1.807, 2.05) is 20.8 Å². The van der Waals surface area contributed by atoms with Crippen LogP contribution in [0.4, 0.5) is 22.0 Å². The molecule has 4 aromatic rings. The van der Waals surface area contributed by atoms with Gasteiger partial charge in [-0.1, -0.05) is 76.6 Å². The van der Waals surface area contributed by atoms with Gasteiger partial charge in [0.05, 0.1) is 29.4 Å². The van der Waals surface area contributed by atoms with E-state index < -0.39 is 65.9 Å². The number of alkyl halides is 5. The molecule has 0 aliphatic carbocycles. The van der Waals surface area contributed by atoms with Crippen LogP contribution in [-0.4, -0.2) is 60.1 Å². The molecule has 2 aromatic heterocycles. The lowest BCUT2D eigenvalue weighted by Gasteiger charge is -2.35. The number of benzene rings is 2. The highest BCUT2D eigenvalue weighted by Gasteiger charge is 2.53. The van der Waals surface area contributed by atoms with Crippen LogP contribution in [0.15, 0.2) is 66.2 Å². The van der Waals surface area contributed by atoms with Crippen LogP contribution in [0.1, 0.15) is 90.4 Å². The third kappa shape index (κ3) is 8.21. The Bertz CT molecular complexity index is 1990. The Morgan fingerprint density at radius 2 is 1.68 bits per heavy atom. The summed E-state index contributed by atoms with van der Waals surface area (Å²) in [6, 6.07) is 9.81. The SMILES string of the molecule is CC(F)C(C)(C)CC(=O)OC[C@H](c1ccc(Cl)c(-n2ncnc2C(F)F)c1)N1C(=O)[C@@](CC(C)(C)C)(c2ccc(-c3cnn(C(F)F)c3)cc2)N=C1N. The second-order valence-electron chi connectivity index (χ2n) is 14.8. The van der Waals surface area contributed by atoms with Crippen LogP contribution < -0.4 is 5.73 Å². The predicted molar refractivity (Wildman–Crippen MR) is 187 cm³/mol. The van der Waals surface area contributed by atoms with E-state index in [9.17, 15) is 31.5 Å². The zero-order valence-electron chi connectivity index (χ0n) is 29.9. The molecule has 3 heterocycles. The molecular formula is C36H40ClF5N8O3. The zero-order valence-corrected chi connectivity index (χ0v) is 30.7. The maximum atomic E-state index is 14.9. The van der Waals surface area contributed by atoms with Gasteiger partial charge < -0.3 is 10.5 Å². The van der Waals surface area contributed by atoms with Gasteiger partial charge in [-0.05, 0) is 47.6 Å². The lowest BCUT2D eigenvalue weighted by atomic mass is 9.75. The molecule has 284 valence electrons. The van der Waals surface area contributed by atoms with Gasteiger partial charge in [-0.3, -0.25) is 14.5 Å². The van der Waals surface area contributed by atoms with Crippen molar-refractivity contribution in [1.82, 2.24) is 29.4 Å². The second kappa shape index (κ2) is 14.9. The van der Waals surface area contributed by atoms with E-state index in [1.54, 1.807) is 38.1 Å². The Labute approximate surface area is 308 Å². The van der Waals surface area contributed by atoms with Crippen LogP contribution in [0.2, 0.25) is 5.02 Å². The van der Waals surface area contributed by atoms with E-state index in [2.05, 4.69) is 15.2 Å². The molecule has 0 bridgehead atoms. The summed E-state index contributed by atoms with van der Waals surface area (Å²) >= 11 is 6.46. The Morgan fingerprint density at radius 3 is 2.26 bits per heavy atom. The average Bonchev–Trinajstić information content (AvgIpc) is 3.81. The number of guanidine groups is 1. The standard InChI is InChI=1S/C36H40ClF5N8O3/c1-20(38)35(5,6)14-28(51)53-17-27(22-9-12-25(37)26(13-22)50-30(29(39)40)44-19-46-50)49-31(52)36(47-33(49)43,18-34(2,3)4)24-10-7-21(8-11-24)23-15-45-48(16-23)32(41)42/h7-13,15-16,19-20,27,29,32H,14,17-18H2,1-6H3,(H2,43,47)/t20?,27-,36-/m1/s1. The molecule has 1 aliphatic rings. The van der Waals surface area contributed by atoms with Crippen LogP contribution in [0.3, 0.4) is 0 Å². The Balaban J connectivity index is 1.59. The molecule has 0 fully saturated rings. The number of hydrogen-bond acceptors (Lipinski definition) is 8. The number of carbonyl (C=O) groups excluding carboxylic acids is 2. The van der Waals surface area contributed by atoms with Crippen molar-refractivity contribution < 1.29 is 36.3 Å². The minimum absolute atomic E-state index is 0.00884. The van der Waals surface area contributed by atoms with Crippen LogP contribution in [0, 0.1) is 10.8 Å². The molecule has 1 amide bonds. The number of ether oxygens (including phenoxy) is 1. The fourth-order valence-electron chi connectivity index (χ4n) is 6.15. The summed E-state index contributed by atoms with van der Waals surface area (Å²) in [5, 5.41) is 7.64. The van der Waals surface area contributed by atoms with E-state index in [0.29, 0.717) is 21.4 Å². The summed E-state index contributed by atoms with van der Waals surface area (Å²) in [4.78, 5) is 37.6. The first-order chi connectivity index (χ1) is 24.7. The number of carbonyl (C=O) groups is 2. The van der Waals surface area contributed by atoms with Crippen molar-refractivity contribution in [2.75, 3.05) is 6.61 Å². The number of aromatic nitrogens is 5. The number of aliphatic imine (C=N–C) groups is 1. The summed E-state index contributed by atoms with van der Waals surface area (Å²) in [5.41, 5.74) is 5.16. The average molecular weight is 763 g/mol. The minimum Gasteiger partial charge on any atom is -0.463 e. The van der Waals surface area contributed by atoms with Crippen molar-refractivity contribution in [3.63, 3.8) is 0 Å². The molecule has 1 aliphatic heterocycles. The monoisotopic (exact) mass is 762 g/mol. The Kier molecular flexibility index (Phi) is 11.0. The number of amides is 1. The highest BCUT2D eigenvalue weighted by Crippen LogP contribution is 2.45. The van der Waals surface area contributed by atoms with Gasteiger partial charge in [0, 0.05) is 17.2 Å². The third-order valence-corrected chi connectivity index (χ3v) is 9.47. The van der Waals surface area contributed by atoms with Crippen molar-refractivity contribution in [2.45, 2.75) is 85.1 Å². The molecule has 0 radical (unpaired) electrons. The van der Waals surface area contributed by atoms with Crippen molar-refractivity contribution in [3.05, 3.63) is 83.2 Å². The van der Waals surface area contributed by atoms with Crippen molar-refractivity contribution in [2.24, 2.45) is 21.6 Å². The third-order valence-electron chi connectivity index (χ3n) is 9.15. The molecule has 17 heteroatoms. The van der Waals surface area contributed by atoms with Crippen LogP contribution in [-0.2, 0) is 19.9 Å². The van der Waals surface area contributed by atoms with E-state index >= 15 is 0 Å². The molecule has 2 aromatic carbocycles. The van der Waals surface area contributed by atoms with Crippen molar-refractivity contribution in [3.8, 4) is 16.8 Å². The number of rotatable bonds is 13. The zero-order chi connectivity index (χ0) is 39.0. The maximum absolute atomic E-state index is 14.9. The highest BCUT2D eigenvalue weighted by atomic mass is 35.5. The van der Waals surface area contributed by atoms with Gasteiger partial charge in [0.2, 0.25) is 0 Å². The van der Waals surface area contributed by atoms with E-state index in [1.165, 1.54) is 42.4 Å². The van der Waals surface area contributed by atoms with Gasteiger partial charge in [0.15, 0.2) is 17.3 Å². The second-order valence-corrected chi connectivity index (χ2v) is 15.2. The lowest BCUT2D eigenvalue weighted by Crippen LogP contribution is -2.47. The van der Waals surface area contributed by atoms with Crippen LogP contribution in [0.5, 0.6) is 0 Å². The Hall–Kier alpha value is -4.86. The summed E-state index contributed by atoms with van der Waals surface area (Å²) in [6.45, 7) is 6.94. The number of nitrogens with zero attached hydrogens (tertiary/aromatic N) is 7. The predicted octanol–water partition coefficient (Wildman–Crippen LogP) is 7.96. The van der Waals surface area contributed by atoms with Crippen molar-refractivity contribution >= 4 is 29.4 Å². The minimum atomic E-state index is -3.00. The fourth-order valence-corrected chi connectivity index (χ4v) is 6.34. The number of esters is 1. The first kappa shape index (κ1) is 39.3. The topological polar surface area (TPSA) is 134 Å². The molecule has 53 heavy (non-hydrogen) atoms. The lowest BCUT2D eigenvalue weighted by molar-refractivity contribution is -0.150. The number of halogens is 6. The maximum Gasteiger partial charge on any atom is 0.333 e. The number of nitrogens with two attached hydrogens (primary N) is 1. The molecular weight excluding hydrogens is 723 g/mol. The van der Waals surface area contributed by atoms with Gasteiger partial charge in [0.25, 0.3) is 12.3 Å². The first-order valence-electron chi connectivity index (χ1n) is 16.6. The van der Waals surface area contributed by atoms with E-state index in [0.717, 1.165) is 11.0 Å². The first-order valence-corrected chi connectivity index (χ1v) is 17.0. The summed E-state index contributed by atoms with van der Waals surface area (Å²) in [6.07, 6.45) is -1.01. The molecule has 3 atom stereocenters. The quantitative estimate of drug-likeness (QED) is 0.108. The normalized spacial score (nSPS) is 17.8. The molecule has 0 saturated carbocycles. The van der Waals surface area contributed by atoms with Gasteiger partial charge in [0.1, 0.15) is 19.1 Å². The number of hydrogen-bond donors (Lipinski definition) is 1. The molecule has 0 saturated heterocycles. The Morgan fingerprint density at radius 1 is 1.00 bits per heavy atom.